The molecule has 0 bridgehead atoms. The SMILES string of the molecule is CCNC(Cc1ccc(C)cc1)c1ccoc1Cl. The van der Waals surface area contributed by atoms with Crippen molar-refractivity contribution in [2.75, 3.05) is 6.54 Å². The van der Waals surface area contributed by atoms with Crippen LogP contribution in [-0.2, 0) is 6.42 Å². The fourth-order valence-corrected chi connectivity index (χ4v) is 2.30. The maximum atomic E-state index is 6.06. The van der Waals surface area contributed by atoms with E-state index in [4.69, 9.17) is 16.0 Å². The molecule has 1 N–H and O–H groups in total. The lowest BCUT2D eigenvalue weighted by Gasteiger charge is -2.17. The number of furan rings is 1. The average molecular weight is 264 g/mol. The van der Waals surface area contributed by atoms with Gasteiger partial charge in [-0.05, 0) is 43.1 Å². The Kier molecular flexibility index (Phi) is 4.45. The van der Waals surface area contributed by atoms with E-state index in [0.29, 0.717) is 5.22 Å². The molecule has 2 rings (SSSR count). The maximum Gasteiger partial charge on any atom is 0.197 e. The van der Waals surface area contributed by atoms with Crippen LogP contribution < -0.4 is 5.32 Å². The molecule has 18 heavy (non-hydrogen) atoms. The summed E-state index contributed by atoms with van der Waals surface area (Å²) < 4.78 is 5.17. The zero-order valence-corrected chi connectivity index (χ0v) is 11.5. The minimum Gasteiger partial charge on any atom is -0.453 e. The third kappa shape index (κ3) is 3.15. The summed E-state index contributed by atoms with van der Waals surface area (Å²) in [4.78, 5) is 0. The monoisotopic (exact) mass is 263 g/mol. The second-order valence-electron chi connectivity index (χ2n) is 4.45. The Morgan fingerprint density at radius 2 is 1.94 bits per heavy atom. The summed E-state index contributed by atoms with van der Waals surface area (Å²) in [7, 11) is 0. The predicted molar refractivity (Wildman–Crippen MR) is 75.0 cm³/mol. The van der Waals surface area contributed by atoms with Gasteiger partial charge in [-0.1, -0.05) is 36.8 Å². The third-order valence-corrected chi connectivity index (χ3v) is 3.34. The number of hydrogen-bond donors (Lipinski definition) is 1. The van der Waals surface area contributed by atoms with Gasteiger partial charge in [0.1, 0.15) is 0 Å². The molecular weight excluding hydrogens is 246 g/mol. The Morgan fingerprint density at radius 3 is 2.50 bits per heavy atom. The zero-order chi connectivity index (χ0) is 13.0. The molecule has 0 radical (unpaired) electrons. The lowest BCUT2D eigenvalue weighted by molar-refractivity contribution is 0.526. The van der Waals surface area contributed by atoms with Gasteiger partial charge < -0.3 is 9.73 Å². The Hall–Kier alpha value is -1.25. The molecule has 1 aromatic carbocycles. The number of halogens is 1. The van der Waals surface area contributed by atoms with Crippen molar-refractivity contribution in [2.45, 2.75) is 26.3 Å². The first-order chi connectivity index (χ1) is 8.70. The van der Waals surface area contributed by atoms with Crippen LogP contribution in [0.5, 0.6) is 0 Å². The first-order valence-electron chi connectivity index (χ1n) is 6.22. The minimum atomic E-state index is 0.198. The molecular formula is C15H18ClNO. The lowest BCUT2D eigenvalue weighted by Crippen LogP contribution is -2.22. The van der Waals surface area contributed by atoms with Crippen LogP contribution in [0.3, 0.4) is 0 Å². The van der Waals surface area contributed by atoms with Crippen molar-refractivity contribution in [3.05, 3.63) is 58.5 Å². The molecule has 96 valence electrons. The summed E-state index contributed by atoms with van der Waals surface area (Å²) in [5.74, 6) is 0. The van der Waals surface area contributed by atoms with Crippen molar-refractivity contribution in [3.8, 4) is 0 Å². The molecule has 2 nitrogen and oxygen atoms in total. The number of aryl methyl sites for hydroxylation is 1. The van der Waals surface area contributed by atoms with Crippen molar-refractivity contribution in [1.82, 2.24) is 5.32 Å². The third-order valence-electron chi connectivity index (χ3n) is 3.03. The van der Waals surface area contributed by atoms with Crippen LogP contribution in [0.25, 0.3) is 0 Å². The van der Waals surface area contributed by atoms with Crippen molar-refractivity contribution < 1.29 is 4.42 Å². The molecule has 0 spiro atoms. The van der Waals surface area contributed by atoms with E-state index in [1.165, 1.54) is 11.1 Å². The standard InChI is InChI=1S/C15H18ClNO/c1-3-17-14(13-8-9-18-15(13)16)10-12-6-4-11(2)5-7-12/h4-9,14,17H,3,10H2,1-2H3. The van der Waals surface area contributed by atoms with E-state index in [1.54, 1.807) is 6.26 Å². The van der Waals surface area contributed by atoms with E-state index in [1.807, 2.05) is 6.07 Å². The smallest absolute Gasteiger partial charge is 0.197 e. The van der Waals surface area contributed by atoms with Gasteiger partial charge in [0.05, 0.1) is 6.26 Å². The molecule has 0 aliphatic rings. The van der Waals surface area contributed by atoms with Gasteiger partial charge in [-0.2, -0.15) is 0 Å². The Labute approximate surface area is 113 Å². The molecule has 1 aromatic heterocycles. The highest BCUT2D eigenvalue weighted by Gasteiger charge is 2.16. The van der Waals surface area contributed by atoms with Gasteiger partial charge in [-0.15, -0.1) is 0 Å². The molecule has 2 aromatic rings. The van der Waals surface area contributed by atoms with Gasteiger partial charge in [0.15, 0.2) is 5.22 Å². The van der Waals surface area contributed by atoms with Gasteiger partial charge in [0.2, 0.25) is 0 Å². The van der Waals surface area contributed by atoms with Crippen LogP contribution in [0.1, 0.15) is 29.7 Å². The average Bonchev–Trinajstić information content (AvgIpc) is 2.78. The number of likely N-dealkylation sites (N-methyl/N-ethyl adjacent to an activating group) is 1. The largest absolute Gasteiger partial charge is 0.453 e. The first-order valence-corrected chi connectivity index (χ1v) is 6.60. The van der Waals surface area contributed by atoms with E-state index in [-0.39, 0.29) is 6.04 Å². The molecule has 1 heterocycles. The molecule has 1 unspecified atom stereocenters. The Balaban J connectivity index is 2.16. The molecule has 1 atom stereocenters. The van der Waals surface area contributed by atoms with Crippen molar-refractivity contribution in [1.29, 1.82) is 0 Å². The number of hydrogen-bond acceptors (Lipinski definition) is 2. The van der Waals surface area contributed by atoms with E-state index in [2.05, 4.69) is 43.4 Å². The van der Waals surface area contributed by atoms with Crippen LogP contribution in [0.4, 0.5) is 0 Å². The summed E-state index contributed by atoms with van der Waals surface area (Å²) in [5, 5.41) is 3.92. The van der Waals surface area contributed by atoms with Gasteiger partial charge in [-0.3, -0.25) is 0 Å². The lowest BCUT2D eigenvalue weighted by atomic mass is 10.0. The van der Waals surface area contributed by atoms with Crippen molar-refractivity contribution in [3.63, 3.8) is 0 Å². The Morgan fingerprint density at radius 1 is 1.22 bits per heavy atom. The maximum absolute atomic E-state index is 6.06. The van der Waals surface area contributed by atoms with Gasteiger partial charge in [-0.25, -0.2) is 0 Å². The highest BCUT2D eigenvalue weighted by Crippen LogP contribution is 2.26. The number of rotatable bonds is 5. The van der Waals surface area contributed by atoms with E-state index < -0.39 is 0 Å². The van der Waals surface area contributed by atoms with Gasteiger partial charge >= 0.3 is 0 Å². The summed E-state index contributed by atoms with van der Waals surface area (Å²) in [6.45, 7) is 5.09. The molecule has 0 saturated carbocycles. The quantitative estimate of drug-likeness (QED) is 0.877. The minimum absolute atomic E-state index is 0.198. The summed E-state index contributed by atoms with van der Waals surface area (Å²) in [6.07, 6.45) is 2.55. The topological polar surface area (TPSA) is 25.2 Å². The molecule has 0 amide bonds. The van der Waals surface area contributed by atoms with Crippen molar-refractivity contribution >= 4 is 11.6 Å². The van der Waals surface area contributed by atoms with Crippen LogP contribution in [0.15, 0.2) is 41.0 Å². The zero-order valence-electron chi connectivity index (χ0n) is 10.7. The van der Waals surface area contributed by atoms with E-state index in [0.717, 1.165) is 18.5 Å². The van der Waals surface area contributed by atoms with E-state index >= 15 is 0 Å². The summed E-state index contributed by atoms with van der Waals surface area (Å²) >= 11 is 6.06. The second kappa shape index (κ2) is 6.07. The van der Waals surface area contributed by atoms with Crippen LogP contribution in [-0.4, -0.2) is 6.54 Å². The van der Waals surface area contributed by atoms with Crippen LogP contribution in [0.2, 0.25) is 5.22 Å². The number of nitrogens with one attached hydrogen (secondary N) is 1. The fourth-order valence-electron chi connectivity index (χ4n) is 2.05. The second-order valence-corrected chi connectivity index (χ2v) is 4.79. The van der Waals surface area contributed by atoms with Gasteiger partial charge in [0, 0.05) is 11.6 Å². The molecule has 0 aliphatic heterocycles. The molecule has 0 aliphatic carbocycles. The summed E-state index contributed by atoms with van der Waals surface area (Å²) in [6, 6.07) is 10.7. The van der Waals surface area contributed by atoms with Crippen LogP contribution in [0, 0.1) is 6.92 Å². The molecule has 0 saturated heterocycles. The molecule has 0 fully saturated rings. The van der Waals surface area contributed by atoms with Gasteiger partial charge in [0.25, 0.3) is 0 Å². The fraction of sp³-hybridized carbons (Fsp3) is 0.333. The van der Waals surface area contributed by atoms with E-state index in [9.17, 15) is 0 Å². The summed E-state index contributed by atoms with van der Waals surface area (Å²) in [5.41, 5.74) is 3.60. The predicted octanol–water partition coefficient (Wildman–Crippen LogP) is 4.13. The Bertz CT molecular complexity index is 489. The highest BCUT2D eigenvalue weighted by atomic mass is 35.5. The van der Waals surface area contributed by atoms with Crippen molar-refractivity contribution in [2.24, 2.45) is 0 Å². The normalized spacial score (nSPS) is 12.6. The number of benzene rings is 1. The molecule has 3 heteroatoms. The highest BCUT2D eigenvalue weighted by molar-refractivity contribution is 6.29. The first kappa shape index (κ1) is 13.2. The van der Waals surface area contributed by atoms with Crippen LogP contribution >= 0.6 is 11.6 Å².